The molecule has 0 aliphatic heterocycles. The second-order valence-electron chi connectivity index (χ2n) is 2.76. The van der Waals surface area contributed by atoms with Crippen molar-refractivity contribution in [3.05, 3.63) is 28.3 Å². The van der Waals surface area contributed by atoms with E-state index in [4.69, 9.17) is 9.52 Å². The van der Waals surface area contributed by atoms with Crippen LogP contribution in [0.2, 0.25) is 0 Å². The minimum atomic E-state index is -0.994. The van der Waals surface area contributed by atoms with Crippen LogP contribution in [0.15, 0.2) is 22.1 Å². The SMILES string of the molecule is Cc1nc(-c2cc(C(=O)O)co2)cs1. The zero-order chi connectivity index (χ0) is 10.1. The van der Waals surface area contributed by atoms with Gasteiger partial charge in [0.25, 0.3) is 0 Å². The third-order valence-electron chi connectivity index (χ3n) is 1.72. The molecule has 4 nitrogen and oxygen atoms in total. The molecule has 0 bridgehead atoms. The molecular weight excluding hydrogens is 202 g/mol. The van der Waals surface area contributed by atoms with Gasteiger partial charge in [0.2, 0.25) is 0 Å². The predicted octanol–water partition coefficient (Wildman–Crippen LogP) is 2.41. The number of aryl methyl sites for hydroxylation is 1. The Morgan fingerprint density at radius 3 is 2.93 bits per heavy atom. The fraction of sp³-hybridized carbons (Fsp3) is 0.111. The summed E-state index contributed by atoms with van der Waals surface area (Å²) < 4.78 is 5.09. The summed E-state index contributed by atoms with van der Waals surface area (Å²) in [7, 11) is 0. The number of carbonyl (C=O) groups is 1. The third-order valence-corrected chi connectivity index (χ3v) is 2.49. The Morgan fingerprint density at radius 2 is 2.43 bits per heavy atom. The Bertz CT molecular complexity index is 472. The van der Waals surface area contributed by atoms with Crippen molar-refractivity contribution >= 4 is 17.3 Å². The van der Waals surface area contributed by atoms with Crippen LogP contribution < -0.4 is 0 Å². The van der Waals surface area contributed by atoms with Gasteiger partial charge < -0.3 is 9.52 Å². The summed E-state index contributed by atoms with van der Waals surface area (Å²) in [5.41, 5.74) is 0.825. The number of hydrogen-bond acceptors (Lipinski definition) is 4. The maximum Gasteiger partial charge on any atom is 0.338 e. The van der Waals surface area contributed by atoms with Crippen LogP contribution >= 0.6 is 11.3 Å². The van der Waals surface area contributed by atoms with Crippen molar-refractivity contribution in [1.82, 2.24) is 4.98 Å². The van der Waals surface area contributed by atoms with E-state index in [1.165, 1.54) is 23.7 Å². The molecule has 72 valence electrons. The van der Waals surface area contributed by atoms with Gasteiger partial charge in [-0.1, -0.05) is 0 Å². The molecule has 0 spiro atoms. The van der Waals surface area contributed by atoms with E-state index in [2.05, 4.69) is 4.98 Å². The van der Waals surface area contributed by atoms with Crippen LogP contribution in [-0.4, -0.2) is 16.1 Å². The van der Waals surface area contributed by atoms with Crippen LogP contribution in [0.25, 0.3) is 11.5 Å². The molecule has 0 aliphatic carbocycles. The summed E-state index contributed by atoms with van der Waals surface area (Å²) in [4.78, 5) is 14.8. The molecule has 5 heteroatoms. The molecule has 14 heavy (non-hydrogen) atoms. The van der Waals surface area contributed by atoms with Gasteiger partial charge in [-0.3, -0.25) is 0 Å². The number of nitrogens with zero attached hydrogens (tertiary/aromatic N) is 1. The first-order valence-corrected chi connectivity index (χ1v) is 4.79. The van der Waals surface area contributed by atoms with Gasteiger partial charge in [0, 0.05) is 11.4 Å². The van der Waals surface area contributed by atoms with E-state index in [9.17, 15) is 4.79 Å². The lowest BCUT2D eigenvalue weighted by molar-refractivity contribution is 0.0696. The normalized spacial score (nSPS) is 10.4. The van der Waals surface area contributed by atoms with Crippen LogP contribution in [0, 0.1) is 6.92 Å². The summed E-state index contributed by atoms with van der Waals surface area (Å²) >= 11 is 1.50. The van der Waals surface area contributed by atoms with Gasteiger partial charge in [-0.05, 0) is 6.92 Å². The summed E-state index contributed by atoms with van der Waals surface area (Å²) in [6.07, 6.45) is 1.21. The Hall–Kier alpha value is -1.62. The van der Waals surface area contributed by atoms with Crippen LogP contribution in [-0.2, 0) is 0 Å². The largest absolute Gasteiger partial charge is 0.478 e. The lowest BCUT2D eigenvalue weighted by Crippen LogP contribution is -1.91. The molecule has 0 amide bonds. The van der Waals surface area contributed by atoms with Crippen LogP contribution in [0.3, 0.4) is 0 Å². The topological polar surface area (TPSA) is 63.3 Å². The third kappa shape index (κ3) is 1.54. The molecule has 0 unspecified atom stereocenters. The summed E-state index contributed by atoms with van der Waals surface area (Å²) in [5.74, 6) is -0.501. The average Bonchev–Trinajstić information content (AvgIpc) is 2.70. The standard InChI is InChI=1S/C9H7NO3S/c1-5-10-7(4-14-5)8-2-6(3-13-8)9(11)12/h2-4H,1H3,(H,11,12). The minimum absolute atomic E-state index is 0.144. The number of carboxylic acid groups (broad SMARTS) is 1. The van der Waals surface area contributed by atoms with Gasteiger partial charge in [-0.15, -0.1) is 11.3 Å². The molecular formula is C9H7NO3S. The van der Waals surface area contributed by atoms with E-state index in [1.807, 2.05) is 12.3 Å². The molecule has 1 N–H and O–H groups in total. The highest BCUT2D eigenvalue weighted by Crippen LogP contribution is 2.23. The minimum Gasteiger partial charge on any atom is -0.478 e. The summed E-state index contributed by atoms with van der Waals surface area (Å²) in [5, 5.41) is 11.4. The number of carboxylic acids is 1. The predicted molar refractivity (Wildman–Crippen MR) is 51.5 cm³/mol. The highest BCUT2D eigenvalue weighted by Gasteiger charge is 2.11. The fourth-order valence-corrected chi connectivity index (χ4v) is 1.66. The molecule has 0 fully saturated rings. The Kier molecular flexibility index (Phi) is 2.09. The smallest absolute Gasteiger partial charge is 0.338 e. The van der Waals surface area contributed by atoms with Crippen molar-refractivity contribution < 1.29 is 14.3 Å². The maximum atomic E-state index is 10.6. The monoisotopic (exact) mass is 209 g/mol. The quantitative estimate of drug-likeness (QED) is 0.824. The highest BCUT2D eigenvalue weighted by atomic mass is 32.1. The molecule has 0 saturated heterocycles. The van der Waals surface area contributed by atoms with Crippen molar-refractivity contribution in [3.8, 4) is 11.5 Å². The van der Waals surface area contributed by atoms with E-state index < -0.39 is 5.97 Å². The maximum absolute atomic E-state index is 10.6. The van der Waals surface area contributed by atoms with Gasteiger partial charge >= 0.3 is 5.97 Å². The first-order chi connectivity index (χ1) is 6.66. The van der Waals surface area contributed by atoms with Crippen molar-refractivity contribution in [3.63, 3.8) is 0 Å². The molecule has 0 aliphatic rings. The van der Waals surface area contributed by atoms with Gasteiger partial charge in [0.05, 0.1) is 10.6 Å². The van der Waals surface area contributed by atoms with Gasteiger partial charge in [-0.25, -0.2) is 9.78 Å². The zero-order valence-corrected chi connectivity index (χ0v) is 8.17. The highest BCUT2D eigenvalue weighted by molar-refractivity contribution is 7.09. The lowest BCUT2D eigenvalue weighted by atomic mass is 10.3. The number of furan rings is 1. The fourth-order valence-electron chi connectivity index (χ4n) is 1.06. The molecule has 0 atom stereocenters. The Balaban J connectivity index is 2.38. The number of aromatic nitrogens is 1. The molecule has 2 rings (SSSR count). The van der Waals surface area contributed by atoms with Gasteiger partial charge in [0.15, 0.2) is 5.76 Å². The lowest BCUT2D eigenvalue weighted by Gasteiger charge is -1.85. The van der Waals surface area contributed by atoms with Crippen molar-refractivity contribution in [2.45, 2.75) is 6.92 Å². The van der Waals surface area contributed by atoms with E-state index in [-0.39, 0.29) is 5.56 Å². The first-order valence-electron chi connectivity index (χ1n) is 3.91. The number of aromatic carboxylic acids is 1. The molecule has 2 aromatic heterocycles. The molecule has 2 heterocycles. The van der Waals surface area contributed by atoms with Crippen molar-refractivity contribution in [1.29, 1.82) is 0 Å². The summed E-state index contributed by atoms with van der Waals surface area (Å²) in [6.45, 7) is 1.88. The zero-order valence-electron chi connectivity index (χ0n) is 7.35. The number of rotatable bonds is 2. The van der Waals surface area contributed by atoms with E-state index in [0.717, 1.165) is 5.01 Å². The number of thiazole rings is 1. The molecule has 2 aromatic rings. The average molecular weight is 209 g/mol. The molecule has 0 saturated carbocycles. The molecule has 0 aromatic carbocycles. The van der Waals surface area contributed by atoms with Gasteiger partial charge in [-0.2, -0.15) is 0 Å². The Labute approximate surface area is 83.8 Å². The molecule has 0 radical (unpaired) electrons. The van der Waals surface area contributed by atoms with Crippen LogP contribution in [0.5, 0.6) is 0 Å². The first kappa shape index (κ1) is 8.96. The van der Waals surface area contributed by atoms with E-state index in [0.29, 0.717) is 11.5 Å². The van der Waals surface area contributed by atoms with Crippen molar-refractivity contribution in [2.24, 2.45) is 0 Å². The van der Waals surface area contributed by atoms with E-state index in [1.54, 1.807) is 0 Å². The van der Waals surface area contributed by atoms with Gasteiger partial charge in [0.1, 0.15) is 12.0 Å². The van der Waals surface area contributed by atoms with Crippen LogP contribution in [0.1, 0.15) is 15.4 Å². The second kappa shape index (κ2) is 3.26. The Morgan fingerprint density at radius 1 is 1.64 bits per heavy atom. The number of hydrogen-bond donors (Lipinski definition) is 1. The summed E-state index contributed by atoms with van der Waals surface area (Å²) in [6, 6.07) is 1.47. The van der Waals surface area contributed by atoms with E-state index >= 15 is 0 Å². The van der Waals surface area contributed by atoms with Crippen molar-refractivity contribution in [2.75, 3.05) is 0 Å². The van der Waals surface area contributed by atoms with Crippen LogP contribution in [0.4, 0.5) is 0 Å². The second-order valence-corrected chi connectivity index (χ2v) is 3.82.